The Balaban J connectivity index is 1.88. The van der Waals surface area contributed by atoms with Crippen molar-refractivity contribution in [1.82, 2.24) is 5.32 Å². The molecular weight excluding hydrogens is 356 g/mol. The summed E-state index contributed by atoms with van der Waals surface area (Å²) in [5, 5.41) is 2.60. The highest BCUT2D eigenvalue weighted by atomic mass is 16.6. The molecule has 142 valence electrons. The van der Waals surface area contributed by atoms with Gasteiger partial charge in [-0.1, -0.05) is 0 Å². The fraction of sp³-hybridized carbons (Fsp3) is 0.333. The van der Waals surface area contributed by atoms with E-state index in [2.05, 4.69) is 5.32 Å². The lowest BCUT2D eigenvalue weighted by molar-refractivity contribution is -0.119. The lowest BCUT2D eigenvalue weighted by atomic mass is 10.1. The summed E-state index contributed by atoms with van der Waals surface area (Å²) in [6, 6.07) is 6.20. The standard InChI is InChI=1S/C18H18N2O7/c1-3-25-16(22)15-13-6-4-11(5-7-14(13)27-17(15)23)20-9-12(26-18(20)24)8-19-10(2)21/h4-7,12H,3,8-9H2,1-2H3,(H,19,21). The molecule has 0 aromatic rings. The number of rotatable bonds is 5. The number of nitrogens with one attached hydrogen (secondary N) is 1. The van der Waals surface area contributed by atoms with Crippen LogP contribution in [-0.4, -0.2) is 43.8 Å². The van der Waals surface area contributed by atoms with Gasteiger partial charge in [0.1, 0.15) is 11.9 Å². The van der Waals surface area contributed by atoms with Crippen molar-refractivity contribution in [3.8, 4) is 11.3 Å². The van der Waals surface area contributed by atoms with E-state index in [0.29, 0.717) is 11.3 Å². The van der Waals surface area contributed by atoms with Crippen LogP contribution in [0.1, 0.15) is 24.2 Å². The first kappa shape index (κ1) is 18.4. The Labute approximate surface area is 154 Å². The van der Waals surface area contributed by atoms with Gasteiger partial charge in [0.2, 0.25) is 5.91 Å². The molecule has 1 fully saturated rings. The third-order valence-corrected chi connectivity index (χ3v) is 4.01. The summed E-state index contributed by atoms with van der Waals surface area (Å²) in [6.07, 6.45) is -1.03. The number of esters is 1. The smallest absolute Gasteiger partial charge is 0.414 e. The number of nitrogens with zero attached hydrogens (tertiary/aromatic N) is 1. The highest BCUT2D eigenvalue weighted by Crippen LogP contribution is 2.28. The van der Waals surface area contributed by atoms with Crippen molar-refractivity contribution in [2.45, 2.75) is 20.0 Å². The second-order valence-electron chi connectivity index (χ2n) is 5.91. The van der Waals surface area contributed by atoms with Crippen LogP contribution in [0.2, 0.25) is 0 Å². The quantitative estimate of drug-likeness (QED) is 0.786. The van der Waals surface area contributed by atoms with Gasteiger partial charge in [-0.2, -0.15) is 0 Å². The minimum Gasteiger partial charge on any atom is -0.462 e. The van der Waals surface area contributed by atoms with Gasteiger partial charge in [0.15, 0.2) is 5.56 Å². The SMILES string of the molecule is CCOC(=O)c1c2ccc(N3CC(CNC(C)=O)OC3=O)ccc-2oc1=O. The normalized spacial score (nSPS) is 16.3. The van der Waals surface area contributed by atoms with Gasteiger partial charge in [0, 0.05) is 18.2 Å². The summed E-state index contributed by atoms with van der Waals surface area (Å²) < 4.78 is 15.2. The van der Waals surface area contributed by atoms with Crippen molar-refractivity contribution in [3.63, 3.8) is 0 Å². The van der Waals surface area contributed by atoms with Gasteiger partial charge < -0.3 is 19.2 Å². The van der Waals surface area contributed by atoms with E-state index in [1.165, 1.54) is 24.0 Å². The van der Waals surface area contributed by atoms with Crippen molar-refractivity contribution in [1.29, 1.82) is 0 Å². The van der Waals surface area contributed by atoms with Crippen LogP contribution in [0, 0.1) is 0 Å². The Morgan fingerprint density at radius 1 is 1.26 bits per heavy atom. The second-order valence-corrected chi connectivity index (χ2v) is 5.91. The van der Waals surface area contributed by atoms with E-state index >= 15 is 0 Å². The molecular formula is C18H18N2O7. The maximum absolute atomic E-state index is 12.1. The molecule has 3 rings (SSSR count). The zero-order valence-electron chi connectivity index (χ0n) is 14.8. The summed E-state index contributed by atoms with van der Waals surface area (Å²) >= 11 is 0. The molecule has 9 heteroatoms. The molecule has 0 radical (unpaired) electrons. The lowest BCUT2D eigenvalue weighted by Crippen LogP contribution is -2.33. The number of furan rings is 1. The molecule has 3 aliphatic rings. The molecule has 2 amide bonds. The molecule has 1 unspecified atom stereocenters. The minimum absolute atomic E-state index is 0.129. The number of cyclic esters (lactones) is 1. The monoisotopic (exact) mass is 374 g/mol. The van der Waals surface area contributed by atoms with E-state index in [0.717, 1.165) is 0 Å². The molecule has 1 N–H and O–H groups in total. The molecule has 0 bridgehead atoms. The Morgan fingerprint density at radius 2 is 2.00 bits per heavy atom. The minimum atomic E-state index is -0.771. The van der Waals surface area contributed by atoms with Crippen molar-refractivity contribution < 1.29 is 28.3 Å². The highest BCUT2D eigenvalue weighted by Gasteiger charge is 2.32. The predicted octanol–water partition coefficient (Wildman–Crippen LogP) is 1.38. The van der Waals surface area contributed by atoms with E-state index in [1.54, 1.807) is 19.1 Å². The second kappa shape index (κ2) is 7.48. The molecule has 2 aliphatic heterocycles. The first-order chi connectivity index (χ1) is 12.9. The fourth-order valence-electron chi connectivity index (χ4n) is 2.79. The third kappa shape index (κ3) is 3.76. The summed E-state index contributed by atoms with van der Waals surface area (Å²) in [5.74, 6) is -0.766. The largest absolute Gasteiger partial charge is 0.462 e. The van der Waals surface area contributed by atoms with Crippen LogP contribution in [0.5, 0.6) is 0 Å². The van der Waals surface area contributed by atoms with E-state index < -0.39 is 23.8 Å². The van der Waals surface area contributed by atoms with Crippen LogP contribution >= 0.6 is 0 Å². The summed E-state index contributed by atoms with van der Waals surface area (Å²) in [7, 11) is 0. The molecule has 27 heavy (non-hydrogen) atoms. The average molecular weight is 374 g/mol. The van der Waals surface area contributed by atoms with Gasteiger partial charge in [0.25, 0.3) is 0 Å². The topological polar surface area (TPSA) is 115 Å². The molecule has 2 heterocycles. The molecule has 0 aromatic heterocycles. The van der Waals surface area contributed by atoms with Crippen molar-refractivity contribution >= 4 is 23.7 Å². The van der Waals surface area contributed by atoms with Gasteiger partial charge in [-0.15, -0.1) is 0 Å². The molecule has 1 saturated heterocycles. The number of anilines is 1. The Bertz CT molecular complexity index is 920. The maximum atomic E-state index is 12.1. The Kier molecular flexibility index (Phi) is 5.11. The van der Waals surface area contributed by atoms with Crippen LogP contribution in [0.3, 0.4) is 0 Å². The number of hydrogen-bond acceptors (Lipinski definition) is 7. The zero-order chi connectivity index (χ0) is 19.6. The predicted molar refractivity (Wildman–Crippen MR) is 93.9 cm³/mol. The van der Waals surface area contributed by atoms with Crippen LogP contribution in [0.15, 0.2) is 33.5 Å². The maximum Gasteiger partial charge on any atom is 0.414 e. The third-order valence-electron chi connectivity index (χ3n) is 4.01. The number of amides is 2. The summed E-state index contributed by atoms with van der Waals surface area (Å²) in [6.45, 7) is 3.61. The number of carbonyl (C=O) groups excluding carboxylic acids is 3. The van der Waals surface area contributed by atoms with Gasteiger partial charge in [-0.25, -0.2) is 14.4 Å². The molecule has 0 aromatic carbocycles. The Morgan fingerprint density at radius 3 is 2.70 bits per heavy atom. The first-order valence-electron chi connectivity index (χ1n) is 8.37. The van der Waals surface area contributed by atoms with Crippen molar-refractivity contribution in [2.75, 3.05) is 24.6 Å². The van der Waals surface area contributed by atoms with Crippen molar-refractivity contribution in [2.24, 2.45) is 0 Å². The van der Waals surface area contributed by atoms with Crippen LogP contribution in [-0.2, 0) is 14.3 Å². The highest BCUT2D eigenvalue weighted by molar-refractivity contribution is 5.97. The van der Waals surface area contributed by atoms with E-state index in [4.69, 9.17) is 13.9 Å². The lowest BCUT2D eigenvalue weighted by Gasteiger charge is -2.11. The number of fused-ring (bicyclic) bond motifs is 1. The number of hydrogen-bond donors (Lipinski definition) is 1. The van der Waals surface area contributed by atoms with Crippen LogP contribution in [0.4, 0.5) is 10.5 Å². The van der Waals surface area contributed by atoms with Gasteiger partial charge in [0.05, 0.1) is 19.7 Å². The molecule has 0 saturated carbocycles. The van der Waals surface area contributed by atoms with Crippen LogP contribution in [0.25, 0.3) is 11.3 Å². The molecule has 1 aliphatic carbocycles. The number of ether oxygens (including phenoxy) is 2. The van der Waals surface area contributed by atoms with Gasteiger partial charge in [-0.3, -0.25) is 9.69 Å². The molecule has 0 spiro atoms. The molecule has 9 nitrogen and oxygen atoms in total. The zero-order valence-corrected chi connectivity index (χ0v) is 14.8. The van der Waals surface area contributed by atoms with E-state index in [1.807, 2.05) is 0 Å². The fourth-order valence-corrected chi connectivity index (χ4v) is 2.79. The first-order valence-corrected chi connectivity index (χ1v) is 8.37. The summed E-state index contributed by atoms with van der Waals surface area (Å²) in [4.78, 5) is 48.5. The van der Waals surface area contributed by atoms with Crippen LogP contribution < -0.4 is 15.8 Å². The van der Waals surface area contributed by atoms with E-state index in [-0.39, 0.29) is 36.9 Å². The Hall–Kier alpha value is -3.36. The summed E-state index contributed by atoms with van der Waals surface area (Å²) in [5.41, 5.74) is -0.153. The van der Waals surface area contributed by atoms with Crippen molar-refractivity contribution in [3.05, 3.63) is 40.2 Å². The van der Waals surface area contributed by atoms with Gasteiger partial charge in [-0.05, 0) is 31.2 Å². The molecule has 1 atom stereocenters. The number of carbonyl (C=O) groups is 3. The average Bonchev–Trinajstić information content (AvgIpc) is 3.06. The van der Waals surface area contributed by atoms with Gasteiger partial charge >= 0.3 is 17.7 Å². The van der Waals surface area contributed by atoms with E-state index in [9.17, 15) is 19.2 Å².